The van der Waals surface area contributed by atoms with E-state index in [0.29, 0.717) is 16.9 Å². The topological polar surface area (TPSA) is 43.4 Å². The maximum absolute atomic E-state index is 12.3. The van der Waals surface area contributed by atoms with Gasteiger partial charge in [-0.1, -0.05) is 44.5 Å². The molecule has 0 aromatic heterocycles. The second kappa shape index (κ2) is 6.42. The number of esters is 1. The Kier molecular flexibility index (Phi) is 4.81. The van der Waals surface area contributed by atoms with Crippen molar-refractivity contribution in [3.05, 3.63) is 35.4 Å². The van der Waals surface area contributed by atoms with Crippen LogP contribution in [0.3, 0.4) is 0 Å². The first-order chi connectivity index (χ1) is 9.94. The zero-order valence-corrected chi connectivity index (χ0v) is 13.1. The van der Waals surface area contributed by atoms with E-state index in [1.807, 2.05) is 18.2 Å². The molecule has 1 saturated carbocycles. The number of ketones is 1. The van der Waals surface area contributed by atoms with Crippen LogP contribution in [0.15, 0.2) is 24.3 Å². The Bertz CT molecular complexity index is 531. The molecule has 1 aromatic rings. The summed E-state index contributed by atoms with van der Waals surface area (Å²) in [6, 6.07) is 7.48. The summed E-state index contributed by atoms with van der Waals surface area (Å²) in [5.74, 6) is -0.917. The van der Waals surface area contributed by atoms with Crippen molar-refractivity contribution in [3.63, 3.8) is 0 Å². The molecule has 3 heteroatoms. The lowest BCUT2D eigenvalue weighted by Crippen LogP contribution is -2.24. The highest BCUT2D eigenvalue weighted by molar-refractivity contribution is 6.41. The second-order valence-corrected chi connectivity index (χ2v) is 6.59. The summed E-state index contributed by atoms with van der Waals surface area (Å²) in [6.07, 6.45) is 4.52. The maximum Gasteiger partial charge on any atom is 0.379 e. The van der Waals surface area contributed by atoms with Crippen LogP contribution in [0.25, 0.3) is 0 Å². The molecule has 0 radical (unpaired) electrons. The molecule has 1 unspecified atom stereocenters. The summed E-state index contributed by atoms with van der Waals surface area (Å²) in [5, 5.41) is 0. The summed E-state index contributed by atoms with van der Waals surface area (Å²) in [6.45, 7) is 6.48. The van der Waals surface area contributed by atoms with Crippen LogP contribution in [0, 0.1) is 5.41 Å². The zero-order chi connectivity index (χ0) is 15.5. The van der Waals surface area contributed by atoms with Crippen molar-refractivity contribution in [2.75, 3.05) is 6.61 Å². The fraction of sp³-hybridized carbons (Fsp3) is 0.556. The first-order valence-electron chi connectivity index (χ1n) is 7.75. The molecule has 3 nitrogen and oxygen atoms in total. The molecule has 114 valence electrons. The molecule has 2 rings (SSSR count). The van der Waals surface area contributed by atoms with Gasteiger partial charge >= 0.3 is 5.97 Å². The van der Waals surface area contributed by atoms with Gasteiger partial charge in [-0.2, -0.15) is 0 Å². The molecule has 0 amide bonds. The highest BCUT2D eigenvalue weighted by Crippen LogP contribution is 2.44. The molecule has 0 heterocycles. The van der Waals surface area contributed by atoms with Crippen molar-refractivity contribution in [1.82, 2.24) is 0 Å². The third-order valence-corrected chi connectivity index (χ3v) is 4.31. The van der Waals surface area contributed by atoms with Crippen LogP contribution in [-0.4, -0.2) is 18.4 Å². The fourth-order valence-corrected chi connectivity index (χ4v) is 3.33. The Morgan fingerprint density at radius 2 is 2.00 bits per heavy atom. The highest BCUT2D eigenvalue weighted by Gasteiger charge is 2.31. The van der Waals surface area contributed by atoms with E-state index in [1.165, 1.54) is 12.8 Å². The van der Waals surface area contributed by atoms with Crippen LogP contribution >= 0.6 is 0 Å². The van der Waals surface area contributed by atoms with Gasteiger partial charge in [0, 0.05) is 5.56 Å². The second-order valence-electron chi connectivity index (χ2n) is 6.59. The van der Waals surface area contributed by atoms with Gasteiger partial charge in [-0.25, -0.2) is 4.79 Å². The third kappa shape index (κ3) is 3.72. The van der Waals surface area contributed by atoms with Crippen LogP contribution < -0.4 is 0 Å². The predicted octanol–water partition coefficient (Wildman–Crippen LogP) is 4.12. The Hall–Kier alpha value is -1.64. The van der Waals surface area contributed by atoms with Gasteiger partial charge in [0.1, 0.15) is 0 Å². The summed E-state index contributed by atoms with van der Waals surface area (Å²) in [4.78, 5) is 24.0. The van der Waals surface area contributed by atoms with Crippen molar-refractivity contribution < 1.29 is 14.3 Å². The number of benzene rings is 1. The normalized spacial score (nSPS) is 20.8. The number of carbonyl (C=O) groups excluding carboxylic acids is 2. The van der Waals surface area contributed by atoms with Crippen LogP contribution in [0.5, 0.6) is 0 Å². The van der Waals surface area contributed by atoms with Crippen molar-refractivity contribution >= 4 is 11.8 Å². The highest BCUT2D eigenvalue weighted by atomic mass is 16.5. The SMILES string of the molecule is CCOC(=O)C(=O)c1ccccc1C1CCCC(C)(C)C1. The zero-order valence-electron chi connectivity index (χ0n) is 13.1. The molecule has 1 fully saturated rings. The van der Waals surface area contributed by atoms with E-state index in [0.717, 1.165) is 18.4 Å². The predicted molar refractivity (Wildman–Crippen MR) is 82.4 cm³/mol. The molecule has 1 aliphatic rings. The minimum Gasteiger partial charge on any atom is -0.460 e. The Balaban J connectivity index is 2.28. The van der Waals surface area contributed by atoms with Crippen LogP contribution in [-0.2, 0) is 9.53 Å². The number of carbonyl (C=O) groups is 2. The molecule has 21 heavy (non-hydrogen) atoms. The van der Waals surface area contributed by atoms with E-state index in [4.69, 9.17) is 4.74 Å². The molecule has 1 aromatic carbocycles. The molecular weight excluding hydrogens is 264 g/mol. The van der Waals surface area contributed by atoms with Gasteiger partial charge in [-0.3, -0.25) is 4.79 Å². The summed E-state index contributed by atoms with van der Waals surface area (Å²) in [7, 11) is 0. The average molecular weight is 288 g/mol. The molecule has 0 bridgehead atoms. The maximum atomic E-state index is 12.3. The van der Waals surface area contributed by atoms with Crippen molar-refractivity contribution in [1.29, 1.82) is 0 Å². The van der Waals surface area contributed by atoms with Gasteiger partial charge in [-0.15, -0.1) is 0 Å². The molecule has 1 atom stereocenters. The van der Waals surface area contributed by atoms with E-state index >= 15 is 0 Å². The standard InChI is InChI=1S/C18H24O3/c1-4-21-17(20)16(19)15-10-6-5-9-14(15)13-8-7-11-18(2,3)12-13/h5-6,9-10,13H,4,7-8,11-12H2,1-3H3. The minimum absolute atomic E-state index is 0.225. The number of hydrogen-bond donors (Lipinski definition) is 0. The molecular formula is C18H24O3. The van der Waals surface area contributed by atoms with E-state index < -0.39 is 11.8 Å². The number of hydrogen-bond acceptors (Lipinski definition) is 3. The lowest BCUT2D eigenvalue weighted by atomic mass is 9.69. The number of ether oxygens (including phenoxy) is 1. The van der Waals surface area contributed by atoms with Gasteiger partial charge in [0.25, 0.3) is 5.78 Å². The number of rotatable bonds is 4. The average Bonchev–Trinajstić information content (AvgIpc) is 2.45. The van der Waals surface area contributed by atoms with Gasteiger partial charge in [-0.05, 0) is 43.1 Å². The van der Waals surface area contributed by atoms with E-state index in [1.54, 1.807) is 13.0 Å². The molecule has 0 saturated heterocycles. The molecule has 0 N–H and O–H groups in total. The first-order valence-corrected chi connectivity index (χ1v) is 7.75. The van der Waals surface area contributed by atoms with Gasteiger partial charge in [0.05, 0.1) is 6.61 Å². The molecule has 0 aliphatic heterocycles. The Labute approximate surface area is 126 Å². The Morgan fingerprint density at radius 3 is 2.67 bits per heavy atom. The van der Waals surface area contributed by atoms with E-state index in [2.05, 4.69) is 13.8 Å². The van der Waals surface area contributed by atoms with Gasteiger partial charge in [0.15, 0.2) is 0 Å². The molecule has 0 spiro atoms. The number of Topliss-reactive ketones (excluding diaryl/α,β-unsaturated/α-hetero) is 1. The lowest BCUT2D eigenvalue weighted by molar-refractivity contribution is -0.137. The van der Waals surface area contributed by atoms with Crippen LogP contribution in [0.4, 0.5) is 0 Å². The Morgan fingerprint density at radius 1 is 1.29 bits per heavy atom. The van der Waals surface area contributed by atoms with E-state index in [9.17, 15) is 9.59 Å². The fourth-order valence-electron chi connectivity index (χ4n) is 3.33. The van der Waals surface area contributed by atoms with Crippen molar-refractivity contribution in [3.8, 4) is 0 Å². The quantitative estimate of drug-likeness (QED) is 0.475. The largest absolute Gasteiger partial charge is 0.460 e. The smallest absolute Gasteiger partial charge is 0.379 e. The van der Waals surface area contributed by atoms with Crippen LogP contribution in [0.2, 0.25) is 0 Å². The summed E-state index contributed by atoms with van der Waals surface area (Å²) >= 11 is 0. The molecule has 1 aliphatic carbocycles. The summed E-state index contributed by atoms with van der Waals surface area (Å²) in [5.41, 5.74) is 1.81. The monoisotopic (exact) mass is 288 g/mol. The third-order valence-electron chi connectivity index (χ3n) is 4.31. The van der Waals surface area contributed by atoms with Gasteiger partial charge in [0.2, 0.25) is 0 Å². The minimum atomic E-state index is -0.750. The van der Waals surface area contributed by atoms with Crippen molar-refractivity contribution in [2.45, 2.75) is 52.4 Å². The van der Waals surface area contributed by atoms with E-state index in [-0.39, 0.29) is 6.61 Å². The first kappa shape index (κ1) is 15.7. The summed E-state index contributed by atoms with van der Waals surface area (Å²) < 4.78 is 4.85. The van der Waals surface area contributed by atoms with Crippen molar-refractivity contribution in [2.24, 2.45) is 5.41 Å². The van der Waals surface area contributed by atoms with Gasteiger partial charge < -0.3 is 4.74 Å². The lowest BCUT2D eigenvalue weighted by Gasteiger charge is -2.36. The van der Waals surface area contributed by atoms with Crippen LogP contribution in [0.1, 0.15) is 68.3 Å².